The van der Waals surface area contributed by atoms with Gasteiger partial charge in [-0.25, -0.2) is 0 Å². The van der Waals surface area contributed by atoms with Crippen LogP contribution in [0.5, 0.6) is 0 Å². The number of benzene rings is 1. The van der Waals surface area contributed by atoms with Crippen molar-refractivity contribution in [3.63, 3.8) is 0 Å². The first-order chi connectivity index (χ1) is 8.66. The predicted molar refractivity (Wildman–Crippen MR) is 67.1 cm³/mol. The number of carbonyl (C=O) groups excluding carboxylic acids is 2. The van der Waals surface area contributed by atoms with Gasteiger partial charge in [0.15, 0.2) is 0 Å². The Morgan fingerprint density at radius 3 is 2.94 bits per heavy atom. The van der Waals surface area contributed by atoms with E-state index in [2.05, 4.69) is 0 Å². The molecule has 3 rings (SSSR count). The maximum Gasteiger partial charge on any atom is 0.299 e. The first-order valence-corrected chi connectivity index (χ1v) is 6.32. The molecule has 2 heterocycles. The molecule has 5 heteroatoms. The molecule has 94 valence electrons. The van der Waals surface area contributed by atoms with Gasteiger partial charge in [0, 0.05) is 11.6 Å². The van der Waals surface area contributed by atoms with E-state index in [1.165, 1.54) is 4.90 Å². The van der Waals surface area contributed by atoms with Gasteiger partial charge in [-0.3, -0.25) is 9.59 Å². The number of carbonyl (C=O) groups is 2. The second-order valence-corrected chi connectivity index (χ2v) is 4.98. The number of fused-ring (bicyclic) bond motifs is 1. The van der Waals surface area contributed by atoms with E-state index < -0.39 is 11.7 Å². The smallest absolute Gasteiger partial charge is 0.299 e. The lowest BCUT2D eigenvalue weighted by molar-refractivity contribution is -0.114. The second kappa shape index (κ2) is 4.37. The molecule has 1 unspecified atom stereocenters. The van der Waals surface area contributed by atoms with Gasteiger partial charge < -0.3 is 9.64 Å². The molecule has 0 radical (unpaired) electrons. The molecule has 1 saturated heterocycles. The molecule has 1 aromatic rings. The first-order valence-electron chi connectivity index (χ1n) is 5.94. The van der Waals surface area contributed by atoms with E-state index in [1.807, 2.05) is 0 Å². The van der Waals surface area contributed by atoms with Crippen LogP contribution in [-0.2, 0) is 9.53 Å². The van der Waals surface area contributed by atoms with E-state index in [1.54, 1.807) is 18.2 Å². The number of rotatable bonds is 2. The monoisotopic (exact) mass is 265 g/mol. The number of amides is 1. The highest BCUT2D eigenvalue weighted by atomic mass is 35.5. The number of ketones is 1. The van der Waals surface area contributed by atoms with Gasteiger partial charge in [-0.15, -0.1) is 0 Å². The molecule has 1 amide bonds. The maximum atomic E-state index is 11.9. The fourth-order valence-corrected chi connectivity index (χ4v) is 2.61. The van der Waals surface area contributed by atoms with Crippen LogP contribution in [-0.4, -0.2) is 30.9 Å². The van der Waals surface area contributed by atoms with Crippen molar-refractivity contribution in [2.45, 2.75) is 18.9 Å². The van der Waals surface area contributed by atoms with Crippen molar-refractivity contribution in [3.8, 4) is 0 Å². The summed E-state index contributed by atoms with van der Waals surface area (Å²) in [5.41, 5.74) is 1.04. The van der Waals surface area contributed by atoms with Crippen LogP contribution >= 0.6 is 11.6 Å². The molecule has 4 nitrogen and oxygen atoms in total. The van der Waals surface area contributed by atoms with Crippen molar-refractivity contribution in [1.82, 2.24) is 0 Å². The number of nitrogens with zero attached hydrogens (tertiary/aromatic N) is 1. The molecule has 18 heavy (non-hydrogen) atoms. The highest BCUT2D eigenvalue weighted by Gasteiger charge is 2.37. The average Bonchev–Trinajstić information content (AvgIpc) is 2.93. The minimum Gasteiger partial charge on any atom is -0.376 e. The fraction of sp³-hybridized carbons (Fsp3) is 0.385. The number of Topliss-reactive ketones (excluding diaryl/α,β-unsaturated/α-hetero) is 1. The van der Waals surface area contributed by atoms with Crippen LogP contribution in [0.3, 0.4) is 0 Å². The minimum absolute atomic E-state index is 0.0201. The summed E-state index contributed by atoms with van der Waals surface area (Å²) in [6, 6.07) is 4.89. The number of anilines is 1. The van der Waals surface area contributed by atoms with Crippen LogP contribution in [0, 0.1) is 0 Å². The standard InChI is InChI=1S/C13H12ClNO3/c14-8-3-4-10-11(6-8)15(13(17)12(10)16)7-9-2-1-5-18-9/h3-4,6,9H,1-2,5,7H2. The highest BCUT2D eigenvalue weighted by Crippen LogP contribution is 2.32. The summed E-state index contributed by atoms with van der Waals surface area (Å²) in [5.74, 6) is -0.942. The van der Waals surface area contributed by atoms with Crippen LogP contribution in [0.4, 0.5) is 5.69 Å². The van der Waals surface area contributed by atoms with Gasteiger partial charge in [-0.2, -0.15) is 0 Å². The van der Waals surface area contributed by atoms with Gasteiger partial charge in [-0.1, -0.05) is 11.6 Å². The van der Waals surface area contributed by atoms with Crippen LogP contribution in [0.2, 0.25) is 5.02 Å². The Morgan fingerprint density at radius 1 is 1.39 bits per heavy atom. The topological polar surface area (TPSA) is 46.6 Å². The van der Waals surface area contributed by atoms with Gasteiger partial charge >= 0.3 is 0 Å². The zero-order valence-electron chi connectivity index (χ0n) is 9.69. The van der Waals surface area contributed by atoms with E-state index in [0.717, 1.165) is 19.4 Å². The predicted octanol–water partition coefficient (Wildman–Crippen LogP) is 2.05. The van der Waals surface area contributed by atoms with Crippen molar-refractivity contribution in [3.05, 3.63) is 28.8 Å². The van der Waals surface area contributed by atoms with Crippen LogP contribution in [0.1, 0.15) is 23.2 Å². The zero-order valence-corrected chi connectivity index (χ0v) is 10.4. The van der Waals surface area contributed by atoms with E-state index in [-0.39, 0.29) is 6.10 Å². The van der Waals surface area contributed by atoms with Crippen molar-refractivity contribution >= 4 is 29.0 Å². The maximum absolute atomic E-state index is 11.9. The summed E-state index contributed by atoms with van der Waals surface area (Å²) in [7, 11) is 0. The lowest BCUT2D eigenvalue weighted by Gasteiger charge is -2.20. The lowest BCUT2D eigenvalue weighted by atomic mass is 10.1. The molecular weight excluding hydrogens is 254 g/mol. The number of ether oxygens (including phenoxy) is 1. The molecule has 2 aliphatic heterocycles. The molecule has 0 N–H and O–H groups in total. The molecule has 2 aliphatic rings. The second-order valence-electron chi connectivity index (χ2n) is 4.54. The van der Waals surface area contributed by atoms with Gasteiger partial charge in [0.2, 0.25) is 0 Å². The first kappa shape index (κ1) is 11.7. The van der Waals surface area contributed by atoms with E-state index in [0.29, 0.717) is 22.8 Å². The Labute approximate surface area is 109 Å². The van der Waals surface area contributed by atoms with Crippen LogP contribution < -0.4 is 4.90 Å². The SMILES string of the molecule is O=C1C(=O)N(CC2CCCO2)c2cc(Cl)ccc21. The lowest BCUT2D eigenvalue weighted by Crippen LogP contribution is -2.36. The molecule has 0 aliphatic carbocycles. The van der Waals surface area contributed by atoms with E-state index in [4.69, 9.17) is 16.3 Å². The summed E-state index contributed by atoms with van der Waals surface area (Å²) >= 11 is 5.92. The summed E-state index contributed by atoms with van der Waals surface area (Å²) in [6.45, 7) is 1.15. The van der Waals surface area contributed by atoms with Gasteiger partial charge in [0.05, 0.1) is 23.9 Å². The quantitative estimate of drug-likeness (QED) is 0.769. The molecule has 1 aromatic carbocycles. The molecule has 0 spiro atoms. The van der Waals surface area contributed by atoms with Crippen molar-refractivity contribution in [2.24, 2.45) is 0 Å². The summed E-state index contributed by atoms with van der Waals surface area (Å²) in [4.78, 5) is 25.2. The van der Waals surface area contributed by atoms with E-state index in [9.17, 15) is 9.59 Å². The third kappa shape index (κ3) is 1.82. The zero-order chi connectivity index (χ0) is 12.7. The minimum atomic E-state index is -0.484. The van der Waals surface area contributed by atoms with Crippen molar-refractivity contribution in [1.29, 1.82) is 0 Å². The van der Waals surface area contributed by atoms with Gasteiger partial charge in [0.1, 0.15) is 0 Å². The van der Waals surface area contributed by atoms with Gasteiger partial charge in [0.25, 0.3) is 11.7 Å². The van der Waals surface area contributed by atoms with Crippen molar-refractivity contribution in [2.75, 3.05) is 18.1 Å². The average molecular weight is 266 g/mol. The Morgan fingerprint density at radius 2 is 2.22 bits per heavy atom. The summed E-state index contributed by atoms with van der Waals surface area (Å²) in [6.07, 6.45) is 1.95. The Balaban J connectivity index is 1.93. The molecule has 1 atom stereocenters. The van der Waals surface area contributed by atoms with Crippen molar-refractivity contribution < 1.29 is 14.3 Å². The van der Waals surface area contributed by atoms with Gasteiger partial charge in [-0.05, 0) is 31.0 Å². The van der Waals surface area contributed by atoms with Crippen LogP contribution in [0.15, 0.2) is 18.2 Å². The molecule has 0 saturated carbocycles. The number of hydrogen-bond acceptors (Lipinski definition) is 3. The summed E-state index contributed by atoms with van der Waals surface area (Å²) < 4.78 is 5.51. The summed E-state index contributed by atoms with van der Waals surface area (Å²) in [5, 5.41) is 0.522. The third-order valence-corrected chi connectivity index (χ3v) is 3.58. The Hall–Kier alpha value is -1.39. The number of hydrogen-bond donors (Lipinski definition) is 0. The normalized spacial score (nSPS) is 22.7. The molecule has 0 aromatic heterocycles. The largest absolute Gasteiger partial charge is 0.376 e. The molecule has 1 fully saturated rings. The molecular formula is C13H12ClNO3. The fourth-order valence-electron chi connectivity index (χ4n) is 2.44. The Kier molecular flexibility index (Phi) is 2.84. The number of halogens is 1. The Bertz CT molecular complexity index is 523. The molecule has 0 bridgehead atoms. The third-order valence-electron chi connectivity index (χ3n) is 3.34. The van der Waals surface area contributed by atoms with E-state index >= 15 is 0 Å². The highest BCUT2D eigenvalue weighted by molar-refractivity contribution is 6.52. The van der Waals surface area contributed by atoms with Crippen LogP contribution in [0.25, 0.3) is 0 Å².